The van der Waals surface area contributed by atoms with E-state index in [9.17, 15) is 0 Å². The predicted molar refractivity (Wildman–Crippen MR) is 24.8 cm³/mol. The van der Waals surface area contributed by atoms with Gasteiger partial charge in [-0.25, -0.2) is 0 Å². The van der Waals surface area contributed by atoms with Crippen molar-refractivity contribution in [2.45, 2.75) is 6.23 Å². The molecule has 1 unspecified atom stereocenters. The Bertz CT molecular complexity index is 30.7. The summed E-state index contributed by atoms with van der Waals surface area (Å²) in [6.07, 6.45) is -0.895. The monoisotopic (exact) mass is 109 g/mol. The summed E-state index contributed by atoms with van der Waals surface area (Å²) in [7, 11) is 0. The molecule has 0 spiro atoms. The summed E-state index contributed by atoms with van der Waals surface area (Å²) in [4.78, 5) is 0. The van der Waals surface area contributed by atoms with Crippen molar-refractivity contribution in [1.29, 1.82) is 0 Å². The number of rotatable bonds is 2. The molecule has 1 atom stereocenters. The Morgan fingerprint density at radius 3 is 2.33 bits per heavy atom. The Balaban J connectivity index is 2.75. The van der Waals surface area contributed by atoms with Crippen LogP contribution in [0.4, 0.5) is 0 Å². The van der Waals surface area contributed by atoms with Crippen LogP contribution in [0.1, 0.15) is 0 Å². The first-order valence-electron chi connectivity index (χ1n) is 1.49. The maximum atomic E-state index is 8.23. The zero-order valence-electron chi connectivity index (χ0n) is 3.13. The van der Waals surface area contributed by atoms with Crippen LogP contribution in [-0.2, 0) is 0 Å². The minimum atomic E-state index is -0.895. The summed E-state index contributed by atoms with van der Waals surface area (Å²) in [5.74, 6) is 0.219. The van der Waals surface area contributed by atoms with Gasteiger partial charge in [0.15, 0.2) is 0 Å². The molecule has 0 aromatic carbocycles. The van der Waals surface area contributed by atoms with Crippen LogP contribution in [0, 0.1) is 0 Å². The second-order valence-corrected chi connectivity index (χ2v) is 1.19. The van der Waals surface area contributed by atoms with Gasteiger partial charge in [-0.2, -0.15) is 18.1 Å². The van der Waals surface area contributed by atoms with Gasteiger partial charge in [0.25, 0.3) is 0 Å². The molecule has 3 N–H and O–H groups in total. The second kappa shape index (κ2) is 3.42. The van der Waals surface area contributed by atoms with Gasteiger partial charge < -0.3 is 10.3 Å². The molecule has 0 aliphatic heterocycles. The van der Waals surface area contributed by atoms with Crippen LogP contribution < -0.4 is 5.48 Å². The molecule has 0 bridgehead atoms. The first kappa shape index (κ1) is 6.23. The van der Waals surface area contributed by atoms with Crippen molar-refractivity contribution in [3.8, 4) is 0 Å². The average molecular weight is 109 g/mol. The minimum Gasteiger partial charge on any atom is -0.376 e. The molecule has 38 valence electrons. The van der Waals surface area contributed by atoms with E-state index in [4.69, 9.17) is 10.3 Å². The molecule has 0 radical (unpaired) electrons. The third kappa shape index (κ3) is 2.47. The Morgan fingerprint density at radius 2 is 2.33 bits per heavy atom. The van der Waals surface area contributed by atoms with E-state index >= 15 is 0 Å². The van der Waals surface area contributed by atoms with Gasteiger partial charge in [-0.1, -0.05) is 0 Å². The molecule has 3 nitrogen and oxygen atoms in total. The van der Waals surface area contributed by atoms with E-state index in [2.05, 4.69) is 12.6 Å². The largest absolute Gasteiger partial charge is 0.376 e. The molecule has 0 aliphatic carbocycles. The van der Waals surface area contributed by atoms with E-state index in [1.165, 1.54) is 0 Å². The molecule has 0 heterocycles. The Morgan fingerprint density at radius 1 is 1.83 bits per heavy atom. The normalized spacial score (nSPS) is 14.5. The highest BCUT2D eigenvalue weighted by Crippen LogP contribution is 1.75. The van der Waals surface area contributed by atoms with Crippen LogP contribution >= 0.6 is 12.6 Å². The summed E-state index contributed by atoms with van der Waals surface area (Å²) < 4.78 is 0. The highest BCUT2D eigenvalue weighted by molar-refractivity contribution is 7.80. The summed E-state index contributed by atoms with van der Waals surface area (Å²) in [5, 5.41) is 16.0. The Hall–Kier alpha value is 0.230. The summed E-state index contributed by atoms with van der Waals surface area (Å²) in [5.41, 5.74) is 1.59. The van der Waals surface area contributed by atoms with Crippen molar-refractivity contribution in [2.75, 3.05) is 5.75 Å². The fourth-order valence-electron chi connectivity index (χ4n) is 0.0408. The molecule has 0 aromatic heterocycles. The molecule has 0 aromatic rings. The van der Waals surface area contributed by atoms with Gasteiger partial charge in [-0.15, -0.1) is 0 Å². The lowest BCUT2D eigenvalue weighted by Gasteiger charge is -1.99. The summed E-state index contributed by atoms with van der Waals surface area (Å²) >= 11 is 3.62. The summed E-state index contributed by atoms with van der Waals surface area (Å²) in [6.45, 7) is 0. The maximum absolute atomic E-state index is 8.23. The molecule has 0 amide bonds. The lowest BCUT2D eigenvalue weighted by atomic mass is 10.7. The van der Waals surface area contributed by atoms with Gasteiger partial charge in [-0.3, -0.25) is 0 Å². The van der Waals surface area contributed by atoms with Crippen LogP contribution in [0.2, 0.25) is 0 Å². The smallest absolute Gasteiger partial charge is 0.135 e. The molecule has 0 fully saturated rings. The van der Waals surface area contributed by atoms with Crippen LogP contribution in [-0.4, -0.2) is 22.3 Å². The highest BCUT2D eigenvalue weighted by atomic mass is 32.1. The number of hydrogen-bond donors (Lipinski definition) is 4. The van der Waals surface area contributed by atoms with Crippen molar-refractivity contribution in [3.63, 3.8) is 0 Å². The first-order chi connectivity index (χ1) is 2.81. The average Bonchev–Trinajstić information content (AvgIpc) is 1.65. The van der Waals surface area contributed by atoms with E-state index < -0.39 is 6.23 Å². The highest BCUT2D eigenvalue weighted by Gasteiger charge is 1.91. The van der Waals surface area contributed by atoms with E-state index in [-0.39, 0.29) is 5.75 Å². The molecule has 6 heavy (non-hydrogen) atoms. The van der Waals surface area contributed by atoms with E-state index in [0.717, 1.165) is 0 Å². The number of aliphatic hydroxyl groups is 1. The van der Waals surface area contributed by atoms with Crippen molar-refractivity contribution < 1.29 is 10.3 Å². The lowest BCUT2D eigenvalue weighted by molar-refractivity contribution is 0.0174. The molecule has 0 aliphatic rings. The van der Waals surface area contributed by atoms with Crippen molar-refractivity contribution in [1.82, 2.24) is 5.48 Å². The van der Waals surface area contributed by atoms with Gasteiger partial charge in [-0.05, 0) is 0 Å². The van der Waals surface area contributed by atoms with Crippen LogP contribution in [0.15, 0.2) is 0 Å². The third-order valence-corrected chi connectivity index (χ3v) is 0.668. The topological polar surface area (TPSA) is 52.5 Å². The number of hydroxylamine groups is 1. The first-order valence-corrected chi connectivity index (χ1v) is 2.13. The van der Waals surface area contributed by atoms with Gasteiger partial charge in [0, 0.05) is 5.75 Å². The Kier molecular flexibility index (Phi) is 3.55. The Labute approximate surface area is 41.4 Å². The third-order valence-electron chi connectivity index (χ3n) is 0.322. The van der Waals surface area contributed by atoms with Gasteiger partial charge in [0.2, 0.25) is 0 Å². The van der Waals surface area contributed by atoms with Crippen molar-refractivity contribution in [2.24, 2.45) is 0 Å². The maximum Gasteiger partial charge on any atom is 0.135 e. The standard InChI is InChI=1S/C2H7NO2S/c4-2(1-6)3-5/h2-6H,1H2. The number of aliphatic hydroxyl groups excluding tert-OH is 1. The second-order valence-electron chi connectivity index (χ2n) is 0.827. The molecular formula is C2H7NO2S. The number of hydrogen-bond acceptors (Lipinski definition) is 4. The van der Waals surface area contributed by atoms with E-state index in [0.29, 0.717) is 0 Å². The molecule has 4 heteroatoms. The SMILES string of the molecule is ONC(O)CS. The molecule has 0 saturated heterocycles. The van der Waals surface area contributed by atoms with E-state index in [1.54, 1.807) is 5.48 Å². The minimum absolute atomic E-state index is 0.219. The van der Waals surface area contributed by atoms with Crippen LogP contribution in [0.3, 0.4) is 0 Å². The van der Waals surface area contributed by atoms with Crippen molar-refractivity contribution in [3.05, 3.63) is 0 Å². The van der Waals surface area contributed by atoms with Gasteiger partial charge in [0.05, 0.1) is 0 Å². The van der Waals surface area contributed by atoms with Crippen LogP contribution in [0.5, 0.6) is 0 Å². The number of thiol groups is 1. The van der Waals surface area contributed by atoms with Crippen molar-refractivity contribution >= 4 is 12.6 Å². The fourth-order valence-corrected chi connectivity index (χ4v) is 0.122. The zero-order chi connectivity index (χ0) is 4.99. The quantitative estimate of drug-likeness (QED) is 0.214. The van der Waals surface area contributed by atoms with E-state index in [1.807, 2.05) is 0 Å². The number of nitrogens with one attached hydrogen (secondary N) is 1. The fraction of sp³-hybridized carbons (Fsp3) is 1.00. The zero-order valence-corrected chi connectivity index (χ0v) is 4.02. The lowest BCUT2D eigenvalue weighted by Crippen LogP contribution is -2.26. The van der Waals surface area contributed by atoms with Crippen LogP contribution in [0.25, 0.3) is 0 Å². The molecule has 0 rings (SSSR count). The molecular weight excluding hydrogens is 102 g/mol. The molecule has 0 saturated carbocycles. The predicted octanol–water partition coefficient (Wildman–Crippen LogP) is -0.787. The summed E-state index contributed by atoms with van der Waals surface area (Å²) in [6, 6.07) is 0. The van der Waals surface area contributed by atoms with Gasteiger partial charge in [0.1, 0.15) is 6.23 Å². The van der Waals surface area contributed by atoms with Gasteiger partial charge >= 0.3 is 0 Å².